The monoisotopic (exact) mass is 306 g/mol. The number of halogens is 1. The maximum absolute atomic E-state index is 6.17. The molecule has 0 aliphatic rings. The van der Waals surface area contributed by atoms with E-state index in [0.29, 0.717) is 6.04 Å². The highest BCUT2D eigenvalue weighted by atomic mass is 35.5. The fraction of sp³-hybridized carbons (Fsp3) is 0.412. The molecular formula is C17H23ClN2O. The largest absolute Gasteiger partial charge is 0.469 e. The van der Waals surface area contributed by atoms with E-state index >= 15 is 0 Å². The first-order valence-corrected chi connectivity index (χ1v) is 7.61. The van der Waals surface area contributed by atoms with Gasteiger partial charge in [0.25, 0.3) is 0 Å². The van der Waals surface area contributed by atoms with Gasteiger partial charge in [0, 0.05) is 42.5 Å². The van der Waals surface area contributed by atoms with Gasteiger partial charge in [0.15, 0.2) is 0 Å². The van der Waals surface area contributed by atoms with Gasteiger partial charge < -0.3 is 14.6 Å². The lowest BCUT2D eigenvalue weighted by Crippen LogP contribution is -2.24. The lowest BCUT2D eigenvalue weighted by molar-refractivity contribution is 0.529. The fourth-order valence-corrected chi connectivity index (χ4v) is 2.44. The highest BCUT2D eigenvalue weighted by molar-refractivity contribution is 6.30. The van der Waals surface area contributed by atoms with Crippen molar-refractivity contribution in [2.24, 2.45) is 0 Å². The summed E-state index contributed by atoms with van der Waals surface area (Å²) in [4.78, 5) is 2.21. The molecule has 2 rings (SSSR count). The zero-order chi connectivity index (χ0) is 15.4. The van der Waals surface area contributed by atoms with Gasteiger partial charge in [-0.25, -0.2) is 0 Å². The summed E-state index contributed by atoms with van der Waals surface area (Å²) in [6.07, 6.45) is 1.73. The topological polar surface area (TPSA) is 28.4 Å². The van der Waals surface area contributed by atoms with E-state index in [-0.39, 0.29) is 0 Å². The molecule has 0 spiro atoms. The van der Waals surface area contributed by atoms with Gasteiger partial charge in [0.05, 0.1) is 6.26 Å². The van der Waals surface area contributed by atoms with Crippen molar-refractivity contribution >= 4 is 17.3 Å². The van der Waals surface area contributed by atoms with E-state index < -0.39 is 0 Å². The molecule has 1 heterocycles. The summed E-state index contributed by atoms with van der Waals surface area (Å²) in [7, 11) is 2.08. The Bertz CT molecular complexity index is 592. The molecule has 0 radical (unpaired) electrons. The van der Waals surface area contributed by atoms with Crippen LogP contribution < -0.4 is 10.2 Å². The molecule has 0 saturated heterocycles. The predicted molar refractivity (Wildman–Crippen MR) is 89.0 cm³/mol. The third-order valence-corrected chi connectivity index (χ3v) is 3.77. The summed E-state index contributed by atoms with van der Waals surface area (Å²) < 4.78 is 5.37. The average Bonchev–Trinajstić information content (AvgIpc) is 2.82. The zero-order valence-corrected chi connectivity index (χ0v) is 13.9. The summed E-state index contributed by atoms with van der Waals surface area (Å²) in [5, 5.41) is 4.22. The van der Waals surface area contributed by atoms with Gasteiger partial charge in [-0.3, -0.25) is 0 Å². The van der Waals surface area contributed by atoms with Crippen molar-refractivity contribution in [2.75, 3.05) is 11.9 Å². The third-order valence-electron chi connectivity index (χ3n) is 3.53. The molecule has 1 aromatic heterocycles. The normalized spacial score (nSPS) is 11.1. The zero-order valence-electron chi connectivity index (χ0n) is 13.1. The van der Waals surface area contributed by atoms with E-state index in [2.05, 4.69) is 37.2 Å². The number of hydrogen-bond acceptors (Lipinski definition) is 3. The van der Waals surface area contributed by atoms with Crippen molar-refractivity contribution < 1.29 is 4.42 Å². The van der Waals surface area contributed by atoms with E-state index in [1.807, 2.05) is 25.1 Å². The Morgan fingerprint density at radius 2 is 2.00 bits per heavy atom. The van der Waals surface area contributed by atoms with Gasteiger partial charge in [-0.05, 0) is 30.7 Å². The summed E-state index contributed by atoms with van der Waals surface area (Å²) in [5.41, 5.74) is 3.59. The Hall–Kier alpha value is -1.45. The van der Waals surface area contributed by atoms with E-state index in [4.69, 9.17) is 16.0 Å². The number of furan rings is 1. The number of hydrogen-bond donors (Lipinski definition) is 1. The maximum atomic E-state index is 6.17. The second-order valence-corrected chi connectivity index (χ2v) is 6.10. The summed E-state index contributed by atoms with van der Waals surface area (Å²) in [6.45, 7) is 7.92. The third kappa shape index (κ3) is 4.26. The predicted octanol–water partition coefficient (Wildman–Crippen LogP) is 4.38. The van der Waals surface area contributed by atoms with Crippen molar-refractivity contribution in [1.82, 2.24) is 5.32 Å². The molecule has 1 aromatic carbocycles. The minimum atomic E-state index is 0.454. The van der Waals surface area contributed by atoms with Crippen LogP contribution in [0.4, 0.5) is 5.69 Å². The van der Waals surface area contributed by atoms with Gasteiger partial charge in [0.1, 0.15) is 5.76 Å². The second kappa shape index (κ2) is 7.01. The fourth-order valence-electron chi connectivity index (χ4n) is 2.27. The molecule has 0 saturated carbocycles. The Morgan fingerprint density at radius 3 is 2.62 bits per heavy atom. The summed E-state index contributed by atoms with van der Waals surface area (Å²) >= 11 is 6.17. The Labute approximate surface area is 131 Å². The SMILES string of the molecule is Cc1occc1CN(C)c1cc(Cl)ccc1CNC(C)C. The molecule has 0 amide bonds. The molecule has 21 heavy (non-hydrogen) atoms. The van der Waals surface area contributed by atoms with Gasteiger partial charge in [-0.1, -0.05) is 31.5 Å². The quantitative estimate of drug-likeness (QED) is 0.858. The van der Waals surface area contributed by atoms with E-state index in [0.717, 1.165) is 29.6 Å². The maximum Gasteiger partial charge on any atom is 0.105 e. The van der Waals surface area contributed by atoms with Crippen molar-refractivity contribution in [3.05, 3.63) is 52.4 Å². The molecule has 0 aliphatic heterocycles. The first kappa shape index (κ1) is 15.9. The van der Waals surface area contributed by atoms with Crippen molar-refractivity contribution in [1.29, 1.82) is 0 Å². The average molecular weight is 307 g/mol. The number of nitrogens with one attached hydrogen (secondary N) is 1. The van der Waals surface area contributed by atoms with Crippen LogP contribution in [0.5, 0.6) is 0 Å². The van der Waals surface area contributed by atoms with Crippen LogP contribution in [0.3, 0.4) is 0 Å². The Balaban J connectivity index is 2.20. The minimum absolute atomic E-state index is 0.454. The van der Waals surface area contributed by atoms with Crippen LogP contribution >= 0.6 is 11.6 Å². The number of nitrogens with zero attached hydrogens (tertiary/aromatic N) is 1. The van der Waals surface area contributed by atoms with Crippen LogP contribution in [0, 0.1) is 6.92 Å². The van der Waals surface area contributed by atoms with Crippen molar-refractivity contribution in [3.63, 3.8) is 0 Å². The molecule has 2 aromatic rings. The van der Waals surface area contributed by atoms with Crippen LogP contribution in [-0.4, -0.2) is 13.1 Å². The van der Waals surface area contributed by atoms with Crippen LogP contribution in [0.25, 0.3) is 0 Å². The van der Waals surface area contributed by atoms with Crippen LogP contribution in [0.1, 0.15) is 30.7 Å². The molecule has 0 unspecified atom stereocenters. The number of benzene rings is 1. The molecule has 1 N–H and O–H groups in total. The highest BCUT2D eigenvalue weighted by Gasteiger charge is 2.11. The van der Waals surface area contributed by atoms with E-state index in [1.54, 1.807) is 6.26 Å². The molecule has 0 aliphatic carbocycles. The number of anilines is 1. The van der Waals surface area contributed by atoms with Crippen LogP contribution in [-0.2, 0) is 13.1 Å². The lowest BCUT2D eigenvalue weighted by atomic mass is 10.1. The Kier molecular flexibility index (Phi) is 5.32. The second-order valence-electron chi connectivity index (χ2n) is 5.67. The molecular weight excluding hydrogens is 284 g/mol. The summed E-state index contributed by atoms with van der Waals surface area (Å²) in [6, 6.07) is 8.52. The van der Waals surface area contributed by atoms with Crippen molar-refractivity contribution in [3.8, 4) is 0 Å². The van der Waals surface area contributed by atoms with Gasteiger partial charge >= 0.3 is 0 Å². The van der Waals surface area contributed by atoms with Gasteiger partial charge in [0.2, 0.25) is 0 Å². The number of aryl methyl sites for hydroxylation is 1. The smallest absolute Gasteiger partial charge is 0.105 e. The van der Waals surface area contributed by atoms with Crippen LogP contribution in [0.15, 0.2) is 34.9 Å². The first-order chi connectivity index (χ1) is 9.97. The molecule has 4 heteroatoms. The molecule has 0 fully saturated rings. The Morgan fingerprint density at radius 1 is 1.24 bits per heavy atom. The minimum Gasteiger partial charge on any atom is -0.469 e. The number of rotatable bonds is 6. The van der Waals surface area contributed by atoms with Crippen molar-refractivity contribution in [2.45, 2.75) is 39.9 Å². The molecule has 3 nitrogen and oxygen atoms in total. The van der Waals surface area contributed by atoms with Gasteiger partial charge in [-0.2, -0.15) is 0 Å². The van der Waals surface area contributed by atoms with Gasteiger partial charge in [-0.15, -0.1) is 0 Å². The van der Waals surface area contributed by atoms with E-state index in [9.17, 15) is 0 Å². The molecule has 0 bridgehead atoms. The highest BCUT2D eigenvalue weighted by Crippen LogP contribution is 2.26. The van der Waals surface area contributed by atoms with E-state index in [1.165, 1.54) is 11.1 Å². The van der Waals surface area contributed by atoms with Crippen LogP contribution in [0.2, 0.25) is 5.02 Å². The standard InChI is InChI=1S/C17H23ClN2O/c1-12(2)19-10-14-5-6-16(18)9-17(14)20(4)11-15-7-8-21-13(15)3/h5-9,12,19H,10-11H2,1-4H3. The molecule has 114 valence electrons. The first-order valence-electron chi connectivity index (χ1n) is 7.23. The molecule has 0 atom stereocenters. The lowest BCUT2D eigenvalue weighted by Gasteiger charge is -2.23. The summed E-state index contributed by atoms with van der Waals surface area (Å²) in [5.74, 6) is 0.964.